The lowest BCUT2D eigenvalue weighted by Crippen LogP contribution is -2.44. The number of carbonyl (C=O) groups is 1. The van der Waals surface area contributed by atoms with Crippen LogP contribution < -0.4 is 11.0 Å². The Morgan fingerprint density at radius 1 is 1.13 bits per heavy atom. The van der Waals surface area contributed by atoms with Crippen LogP contribution in [0.4, 0.5) is 0 Å². The average molecular weight is 414 g/mol. The van der Waals surface area contributed by atoms with E-state index in [0.717, 1.165) is 44.6 Å². The number of aryl methyl sites for hydroxylation is 2. The van der Waals surface area contributed by atoms with Gasteiger partial charge in [0, 0.05) is 32.6 Å². The van der Waals surface area contributed by atoms with Crippen LogP contribution >= 0.6 is 0 Å². The molecule has 1 N–H and O–H groups in total. The summed E-state index contributed by atoms with van der Waals surface area (Å²) in [6.45, 7) is 6.29. The highest BCUT2D eigenvalue weighted by Crippen LogP contribution is 2.21. The second-order valence-electron chi connectivity index (χ2n) is 8.20. The molecule has 3 heterocycles. The fourth-order valence-electron chi connectivity index (χ4n) is 4.27. The Morgan fingerprint density at radius 3 is 2.67 bits per heavy atom. The predicted molar refractivity (Wildman–Crippen MR) is 113 cm³/mol. The first-order chi connectivity index (χ1) is 14.6. The quantitative estimate of drug-likeness (QED) is 0.771. The zero-order valence-electron chi connectivity index (χ0n) is 17.7. The van der Waals surface area contributed by atoms with Crippen LogP contribution in [0.3, 0.4) is 0 Å². The smallest absolute Gasteiger partial charge is 0.346 e. The molecule has 8 nitrogen and oxygen atoms in total. The molecule has 1 unspecified atom stereocenters. The van der Waals surface area contributed by atoms with Crippen molar-refractivity contribution < 1.29 is 9.53 Å². The van der Waals surface area contributed by atoms with Crippen molar-refractivity contribution in [3.8, 4) is 0 Å². The minimum atomic E-state index is -0.185. The Bertz CT molecular complexity index is 912. The zero-order valence-corrected chi connectivity index (χ0v) is 17.7. The van der Waals surface area contributed by atoms with Crippen LogP contribution in [0.2, 0.25) is 0 Å². The van der Waals surface area contributed by atoms with Gasteiger partial charge in [-0.05, 0) is 25.3 Å². The highest BCUT2D eigenvalue weighted by molar-refractivity contribution is 5.75. The van der Waals surface area contributed by atoms with Crippen molar-refractivity contribution in [2.75, 3.05) is 32.8 Å². The van der Waals surface area contributed by atoms with Crippen LogP contribution in [-0.4, -0.2) is 58.0 Å². The van der Waals surface area contributed by atoms with E-state index < -0.39 is 0 Å². The Hall–Kier alpha value is -2.45. The molecule has 8 heteroatoms. The van der Waals surface area contributed by atoms with Gasteiger partial charge < -0.3 is 10.1 Å². The van der Waals surface area contributed by atoms with Crippen molar-refractivity contribution >= 4 is 5.91 Å². The first kappa shape index (κ1) is 20.8. The minimum Gasteiger partial charge on any atom is -0.379 e. The van der Waals surface area contributed by atoms with Crippen LogP contribution in [0.15, 0.2) is 29.1 Å². The number of nitrogens with zero attached hydrogens (tertiary/aromatic N) is 4. The topological polar surface area (TPSA) is 81.4 Å². The molecule has 1 saturated heterocycles. The molecule has 0 spiro atoms. The predicted octanol–water partition coefficient (Wildman–Crippen LogP) is 1.27. The molecule has 0 radical (unpaired) electrons. The summed E-state index contributed by atoms with van der Waals surface area (Å²) in [6, 6.07) is 8.52. The van der Waals surface area contributed by atoms with Crippen molar-refractivity contribution in [1.82, 2.24) is 24.6 Å². The fourth-order valence-corrected chi connectivity index (χ4v) is 4.27. The van der Waals surface area contributed by atoms with E-state index in [4.69, 9.17) is 4.74 Å². The molecule has 162 valence electrons. The first-order valence-corrected chi connectivity index (χ1v) is 10.9. The first-order valence-electron chi connectivity index (χ1n) is 10.9. The minimum absolute atomic E-state index is 0.0391. The van der Waals surface area contributed by atoms with Crippen LogP contribution in [0.1, 0.15) is 42.3 Å². The maximum absolute atomic E-state index is 12.7. The summed E-state index contributed by atoms with van der Waals surface area (Å²) in [7, 11) is 0. The molecule has 1 aromatic carbocycles. The largest absolute Gasteiger partial charge is 0.379 e. The van der Waals surface area contributed by atoms with Gasteiger partial charge in [0.15, 0.2) is 0 Å². The van der Waals surface area contributed by atoms with E-state index >= 15 is 0 Å². The summed E-state index contributed by atoms with van der Waals surface area (Å²) >= 11 is 0. The van der Waals surface area contributed by atoms with Gasteiger partial charge in [-0.1, -0.05) is 36.2 Å². The Kier molecular flexibility index (Phi) is 6.64. The molecule has 1 amide bonds. The standard InChI is InChI=1S/C22H31N5O3/c1-17-6-8-18(9-7-17)19(25-11-13-30-14-12-25)15-23-21(28)16-27-22(29)26-10-4-2-3-5-20(26)24-27/h6-9,19H,2-5,10-16H2,1H3,(H,23,28). The molecular weight excluding hydrogens is 382 g/mol. The number of morpholine rings is 1. The molecule has 2 aliphatic heterocycles. The molecule has 30 heavy (non-hydrogen) atoms. The van der Waals surface area contributed by atoms with Gasteiger partial charge in [-0.15, -0.1) is 0 Å². The normalized spacial score (nSPS) is 18.4. The maximum atomic E-state index is 12.7. The maximum Gasteiger partial charge on any atom is 0.346 e. The van der Waals surface area contributed by atoms with E-state index in [0.29, 0.717) is 26.3 Å². The Labute approximate surface area is 176 Å². The number of ether oxygens (including phenoxy) is 1. The van der Waals surface area contributed by atoms with Crippen molar-refractivity contribution in [2.24, 2.45) is 0 Å². The molecule has 2 aromatic rings. The van der Waals surface area contributed by atoms with Crippen molar-refractivity contribution in [3.05, 3.63) is 51.7 Å². The third kappa shape index (κ3) is 4.82. The van der Waals surface area contributed by atoms with Crippen LogP contribution in [0.25, 0.3) is 0 Å². The molecule has 1 atom stereocenters. The molecule has 0 bridgehead atoms. The number of fused-ring (bicyclic) bond motifs is 1. The van der Waals surface area contributed by atoms with Gasteiger partial charge in [-0.2, -0.15) is 5.10 Å². The van der Waals surface area contributed by atoms with Gasteiger partial charge in [0.05, 0.1) is 19.3 Å². The Balaban J connectivity index is 1.42. The molecule has 0 saturated carbocycles. The summed E-state index contributed by atoms with van der Waals surface area (Å²) in [5, 5.41) is 7.45. The van der Waals surface area contributed by atoms with Gasteiger partial charge in [0.1, 0.15) is 12.4 Å². The molecule has 4 rings (SSSR count). The number of rotatable bonds is 6. The van der Waals surface area contributed by atoms with E-state index in [1.165, 1.54) is 15.8 Å². The third-order valence-electron chi connectivity index (χ3n) is 6.02. The lowest BCUT2D eigenvalue weighted by Gasteiger charge is -2.35. The molecule has 2 aliphatic rings. The number of nitrogens with one attached hydrogen (secondary N) is 1. The molecular formula is C22H31N5O3. The van der Waals surface area contributed by atoms with Crippen molar-refractivity contribution in [1.29, 1.82) is 0 Å². The number of benzene rings is 1. The number of amides is 1. The summed E-state index contributed by atoms with van der Waals surface area (Å²) < 4.78 is 8.53. The van der Waals surface area contributed by atoms with Gasteiger partial charge >= 0.3 is 5.69 Å². The lowest BCUT2D eigenvalue weighted by molar-refractivity contribution is -0.122. The summed E-state index contributed by atoms with van der Waals surface area (Å²) in [4.78, 5) is 27.6. The number of hydrogen-bond donors (Lipinski definition) is 1. The second-order valence-corrected chi connectivity index (χ2v) is 8.20. The summed E-state index contributed by atoms with van der Waals surface area (Å²) in [6.07, 6.45) is 3.95. The SMILES string of the molecule is Cc1ccc(C(CNC(=O)Cn2nc3n(c2=O)CCCCC3)N2CCOCC2)cc1. The number of aromatic nitrogens is 3. The highest BCUT2D eigenvalue weighted by atomic mass is 16.5. The molecule has 1 fully saturated rings. The van der Waals surface area contributed by atoms with E-state index in [-0.39, 0.29) is 24.2 Å². The highest BCUT2D eigenvalue weighted by Gasteiger charge is 2.24. The van der Waals surface area contributed by atoms with Gasteiger partial charge in [-0.3, -0.25) is 14.3 Å². The monoisotopic (exact) mass is 413 g/mol. The summed E-state index contributed by atoms with van der Waals surface area (Å²) in [5.41, 5.74) is 2.21. The van der Waals surface area contributed by atoms with E-state index in [1.54, 1.807) is 4.57 Å². The van der Waals surface area contributed by atoms with Gasteiger partial charge in [0.2, 0.25) is 5.91 Å². The lowest BCUT2D eigenvalue weighted by atomic mass is 10.0. The Morgan fingerprint density at radius 2 is 1.90 bits per heavy atom. The molecule has 0 aliphatic carbocycles. The third-order valence-corrected chi connectivity index (χ3v) is 6.02. The number of hydrogen-bond acceptors (Lipinski definition) is 5. The second kappa shape index (κ2) is 9.57. The zero-order chi connectivity index (χ0) is 20.9. The van der Waals surface area contributed by atoms with E-state index in [2.05, 4.69) is 46.5 Å². The average Bonchev–Trinajstić information content (AvgIpc) is 2.92. The van der Waals surface area contributed by atoms with Crippen molar-refractivity contribution in [2.45, 2.75) is 51.7 Å². The van der Waals surface area contributed by atoms with E-state index in [1.807, 2.05) is 0 Å². The van der Waals surface area contributed by atoms with Gasteiger partial charge in [0.25, 0.3) is 0 Å². The fraction of sp³-hybridized carbons (Fsp3) is 0.591. The van der Waals surface area contributed by atoms with Crippen LogP contribution in [-0.2, 0) is 29.0 Å². The number of carbonyl (C=O) groups excluding carboxylic acids is 1. The van der Waals surface area contributed by atoms with Crippen LogP contribution in [0, 0.1) is 6.92 Å². The van der Waals surface area contributed by atoms with Crippen LogP contribution in [0.5, 0.6) is 0 Å². The summed E-state index contributed by atoms with van der Waals surface area (Å²) in [5.74, 6) is 0.617. The molecule has 1 aromatic heterocycles. The van der Waals surface area contributed by atoms with E-state index in [9.17, 15) is 9.59 Å². The van der Waals surface area contributed by atoms with Crippen molar-refractivity contribution in [3.63, 3.8) is 0 Å². The van der Waals surface area contributed by atoms with Gasteiger partial charge in [-0.25, -0.2) is 9.48 Å².